The minimum absolute atomic E-state index is 0.780. The SMILES string of the molecule is Cc1cccc(N(c2ccc3c(c2)sc2ccccc23)c2ccc3sc4cc(Cl)ccc4c3c2)c1. The first-order chi connectivity index (χ1) is 17.1. The summed E-state index contributed by atoms with van der Waals surface area (Å²) < 4.78 is 5.12. The van der Waals surface area contributed by atoms with Gasteiger partial charge in [0, 0.05) is 62.4 Å². The number of hydrogen-bond donors (Lipinski definition) is 0. The Hall–Kier alpha value is -3.37. The first kappa shape index (κ1) is 21.0. The quantitative estimate of drug-likeness (QED) is 0.231. The second-order valence-electron chi connectivity index (χ2n) is 8.88. The van der Waals surface area contributed by atoms with Crippen LogP contribution in [0.2, 0.25) is 5.02 Å². The third-order valence-electron chi connectivity index (χ3n) is 6.56. The molecule has 0 spiro atoms. The Labute approximate surface area is 216 Å². The zero-order valence-electron chi connectivity index (χ0n) is 19.0. The summed E-state index contributed by atoms with van der Waals surface area (Å²) in [6.45, 7) is 2.15. The van der Waals surface area contributed by atoms with Gasteiger partial charge in [0.15, 0.2) is 0 Å². The van der Waals surface area contributed by atoms with E-state index in [0.717, 1.165) is 22.1 Å². The molecule has 0 saturated heterocycles. The molecular formula is C31H20ClNS2. The van der Waals surface area contributed by atoms with E-state index in [9.17, 15) is 0 Å². The summed E-state index contributed by atoms with van der Waals surface area (Å²) in [6, 6.07) is 37.2. The molecule has 0 aliphatic rings. The molecule has 0 N–H and O–H groups in total. The van der Waals surface area contributed by atoms with Crippen LogP contribution >= 0.6 is 34.3 Å². The first-order valence-corrected chi connectivity index (χ1v) is 13.6. The average Bonchev–Trinajstić information content (AvgIpc) is 3.41. The van der Waals surface area contributed by atoms with Crippen LogP contribution in [-0.4, -0.2) is 0 Å². The Balaban J connectivity index is 1.46. The van der Waals surface area contributed by atoms with Gasteiger partial charge < -0.3 is 4.90 Å². The van der Waals surface area contributed by atoms with Gasteiger partial charge in [0.2, 0.25) is 0 Å². The summed E-state index contributed by atoms with van der Waals surface area (Å²) >= 11 is 9.93. The summed E-state index contributed by atoms with van der Waals surface area (Å²) in [6.07, 6.45) is 0. The normalized spacial score (nSPS) is 11.7. The second-order valence-corrected chi connectivity index (χ2v) is 11.5. The molecule has 0 saturated carbocycles. The summed E-state index contributed by atoms with van der Waals surface area (Å²) in [5.74, 6) is 0. The van der Waals surface area contributed by atoms with E-state index in [4.69, 9.17) is 11.6 Å². The van der Waals surface area contributed by atoms with Gasteiger partial charge in [0.05, 0.1) is 0 Å². The lowest BCUT2D eigenvalue weighted by Crippen LogP contribution is -2.09. The van der Waals surface area contributed by atoms with Crippen molar-refractivity contribution in [3.63, 3.8) is 0 Å². The minimum Gasteiger partial charge on any atom is -0.310 e. The van der Waals surface area contributed by atoms with Crippen LogP contribution in [0.15, 0.2) is 103 Å². The van der Waals surface area contributed by atoms with Crippen molar-refractivity contribution in [3.8, 4) is 0 Å². The van der Waals surface area contributed by atoms with E-state index in [2.05, 4.69) is 109 Å². The second kappa shape index (κ2) is 8.10. The molecule has 2 heterocycles. The largest absolute Gasteiger partial charge is 0.310 e. The molecule has 0 amide bonds. The average molecular weight is 506 g/mol. The molecule has 0 radical (unpaired) electrons. The summed E-state index contributed by atoms with van der Waals surface area (Å²) in [4.78, 5) is 2.37. The van der Waals surface area contributed by atoms with Crippen molar-refractivity contribution in [2.45, 2.75) is 6.92 Å². The molecule has 0 fully saturated rings. The number of anilines is 3. The molecule has 0 unspecified atom stereocenters. The lowest BCUT2D eigenvalue weighted by molar-refractivity contribution is 1.28. The number of fused-ring (bicyclic) bond motifs is 6. The number of nitrogens with zero attached hydrogens (tertiary/aromatic N) is 1. The van der Waals surface area contributed by atoms with Crippen molar-refractivity contribution < 1.29 is 0 Å². The third-order valence-corrected chi connectivity index (χ3v) is 9.06. The van der Waals surface area contributed by atoms with Crippen molar-refractivity contribution >= 4 is 91.7 Å². The smallest absolute Gasteiger partial charge is 0.0476 e. The van der Waals surface area contributed by atoms with Gasteiger partial charge in [-0.05, 0) is 73.2 Å². The van der Waals surface area contributed by atoms with E-state index in [0.29, 0.717) is 0 Å². The lowest BCUT2D eigenvalue weighted by atomic mass is 10.1. The molecule has 7 rings (SSSR count). The number of halogens is 1. The number of aryl methyl sites for hydroxylation is 1. The molecule has 0 aliphatic heterocycles. The number of thiophene rings is 2. The van der Waals surface area contributed by atoms with Crippen LogP contribution in [0.5, 0.6) is 0 Å². The van der Waals surface area contributed by atoms with Gasteiger partial charge in [0.1, 0.15) is 0 Å². The first-order valence-electron chi connectivity index (χ1n) is 11.5. The van der Waals surface area contributed by atoms with Gasteiger partial charge in [-0.2, -0.15) is 0 Å². The van der Waals surface area contributed by atoms with E-state index in [1.165, 1.54) is 45.9 Å². The molecule has 0 atom stereocenters. The van der Waals surface area contributed by atoms with Crippen LogP contribution in [0.25, 0.3) is 40.3 Å². The van der Waals surface area contributed by atoms with Crippen LogP contribution in [0.3, 0.4) is 0 Å². The predicted octanol–water partition coefficient (Wildman–Crippen LogP) is 10.9. The fourth-order valence-electron chi connectivity index (χ4n) is 4.95. The number of benzene rings is 5. The fraction of sp³-hybridized carbons (Fsp3) is 0.0323. The number of rotatable bonds is 3. The zero-order chi connectivity index (χ0) is 23.5. The zero-order valence-corrected chi connectivity index (χ0v) is 21.3. The van der Waals surface area contributed by atoms with Gasteiger partial charge >= 0.3 is 0 Å². The molecule has 0 bridgehead atoms. The van der Waals surface area contributed by atoms with Gasteiger partial charge in [0.25, 0.3) is 0 Å². The maximum Gasteiger partial charge on any atom is 0.0476 e. The van der Waals surface area contributed by atoms with Crippen LogP contribution in [0, 0.1) is 6.92 Å². The van der Waals surface area contributed by atoms with Crippen molar-refractivity contribution in [2.75, 3.05) is 4.90 Å². The lowest BCUT2D eigenvalue weighted by Gasteiger charge is -2.26. The van der Waals surface area contributed by atoms with Gasteiger partial charge in [-0.1, -0.05) is 54.1 Å². The molecule has 2 aromatic heterocycles. The van der Waals surface area contributed by atoms with Gasteiger partial charge in [-0.25, -0.2) is 0 Å². The topological polar surface area (TPSA) is 3.24 Å². The van der Waals surface area contributed by atoms with Gasteiger partial charge in [-0.3, -0.25) is 0 Å². The highest BCUT2D eigenvalue weighted by Crippen LogP contribution is 2.43. The van der Waals surface area contributed by atoms with Crippen LogP contribution in [-0.2, 0) is 0 Å². The summed E-state index contributed by atoms with van der Waals surface area (Å²) in [5.41, 5.74) is 4.72. The fourth-order valence-corrected chi connectivity index (χ4v) is 7.45. The Kier molecular flexibility index (Phi) is 4.85. The highest BCUT2D eigenvalue weighted by molar-refractivity contribution is 7.26. The highest BCUT2D eigenvalue weighted by Gasteiger charge is 2.16. The number of hydrogen-bond acceptors (Lipinski definition) is 3. The molecule has 5 aromatic carbocycles. The monoisotopic (exact) mass is 505 g/mol. The summed E-state index contributed by atoms with van der Waals surface area (Å²) in [5, 5.41) is 5.93. The molecule has 4 heteroatoms. The minimum atomic E-state index is 0.780. The summed E-state index contributed by atoms with van der Waals surface area (Å²) in [7, 11) is 0. The Morgan fingerprint density at radius 3 is 2.06 bits per heavy atom. The Morgan fingerprint density at radius 1 is 0.514 bits per heavy atom. The van der Waals surface area contributed by atoms with E-state index in [-0.39, 0.29) is 0 Å². The van der Waals surface area contributed by atoms with Crippen molar-refractivity contribution in [1.82, 2.24) is 0 Å². The van der Waals surface area contributed by atoms with Crippen LogP contribution < -0.4 is 4.90 Å². The molecule has 168 valence electrons. The molecule has 1 nitrogen and oxygen atoms in total. The van der Waals surface area contributed by atoms with Crippen LogP contribution in [0.4, 0.5) is 17.1 Å². The standard InChI is InChI=1S/C31H20ClNS2/c1-19-5-4-6-21(15-19)33(23-10-13-25-24-7-2-3-8-28(24)34-31(25)18-23)22-11-14-29-27(17-22)26-12-9-20(32)16-30(26)35-29/h2-18H,1H3. The molecular weight excluding hydrogens is 486 g/mol. The molecule has 7 aromatic rings. The molecule has 35 heavy (non-hydrogen) atoms. The maximum absolute atomic E-state index is 6.28. The maximum atomic E-state index is 6.28. The third kappa shape index (κ3) is 3.51. The van der Waals surface area contributed by atoms with Crippen molar-refractivity contribution in [1.29, 1.82) is 0 Å². The van der Waals surface area contributed by atoms with E-state index in [1.807, 2.05) is 17.4 Å². The van der Waals surface area contributed by atoms with E-state index in [1.54, 1.807) is 11.3 Å². The van der Waals surface area contributed by atoms with E-state index < -0.39 is 0 Å². The predicted molar refractivity (Wildman–Crippen MR) is 157 cm³/mol. The van der Waals surface area contributed by atoms with Crippen molar-refractivity contribution in [3.05, 3.63) is 114 Å². The Morgan fingerprint density at radius 2 is 1.17 bits per heavy atom. The molecule has 0 aliphatic carbocycles. The highest BCUT2D eigenvalue weighted by atomic mass is 35.5. The van der Waals surface area contributed by atoms with E-state index >= 15 is 0 Å². The van der Waals surface area contributed by atoms with Gasteiger partial charge in [-0.15, -0.1) is 22.7 Å². The Bertz CT molecular complexity index is 1900. The van der Waals surface area contributed by atoms with Crippen LogP contribution in [0.1, 0.15) is 5.56 Å². The van der Waals surface area contributed by atoms with Crippen molar-refractivity contribution in [2.24, 2.45) is 0 Å².